The van der Waals surface area contributed by atoms with Crippen LogP contribution < -0.4 is 0 Å². The van der Waals surface area contributed by atoms with E-state index in [4.69, 9.17) is 4.74 Å². The van der Waals surface area contributed by atoms with Gasteiger partial charge in [0.05, 0.1) is 19.3 Å². The standard InChI is InChI=1S/C9H15N3O/c1-3-5-9(13-4-2)8-12-7-6-10-11-12/h5-7H,3-4,8H2,1-2H3/b9-5+. The van der Waals surface area contributed by atoms with Crippen LogP contribution in [0, 0.1) is 0 Å². The van der Waals surface area contributed by atoms with Crippen molar-refractivity contribution >= 4 is 0 Å². The molecular weight excluding hydrogens is 166 g/mol. The van der Waals surface area contributed by atoms with Gasteiger partial charge in [0.1, 0.15) is 5.76 Å². The average Bonchev–Trinajstić information content (AvgIpc) is 2.58. The van der Waals surface area contributed by atoms with Crippen molar-refractivity contribution < 1.29 is 4.74 Å². The number of ether oxygens (including phenoxy) is 1. The zero-order chi connectivity index (χ0) is 9.52. The molecule has 0 amide bonds. The molecular formula is C9H15N3O. The van der Waals surface area contributed by atoms with E-state index in [1.54, 1.807) is 10.9 Å². The molecule has 0 aliphatic carbocycles. The van der Waals surface area contributed by atoms with Gasteiger partial charge in [-0.25, -0.2) is 4.68 Å². The molecule has 1 aromatic rings. The molecule has 0 aromatic carbocycles. The van der Waals surface area contributed by atoms with Gasteiger partial charge in [0.15, 0.2) is 0 Å². The highest BCUT2D eigenvalue weighted by Gasteiger charge is 1.98. The molecule has 0 N–H and O–H groups in total. The van der Waals surface area contributed by atoms with E-state index in [9.17, 15) is 0 Å². The third kappa shape index (κ3) is 3.27. The van der Waals surface area contributed by atoms with Gasteiger partial charge >= 0.3 is 0 Å². The highest BCUT2D eigenvalue weighted by Crippen LogP contribution is 2.02. The topological polar surface area (TPSA) is 39.9 Å². The second-order valence-electron chi connectivity index (χ2n) is 2.61. The lowest BCUT2D eigenvalue weighted by Crippen LogP contribution is -2.05. The Labute approximate surface area is 78.2 Å². The first-order chi connectivity index (χ1) is 6.36. The Morgan fingerprint density at radius 1 is 1.54 bits per heavy atom. The summed E-state index contributed by atoms with van der Waals surface area (Å²) in [5.41, 5.74) is 0. The highest BCUT2D eigenvalue weighted by atomic mass is 16.5. The van der Waals surface area contributed by atoms with Gasteiger partial charge in [-0.1, -0.05) is 12.1 Å². The lowest BCUT2D eigenvalue weighted by atomic mass is 10.3. The lowest BCUT2D eigenvalue weighted by molar-refractivity contribution is 0.209. The molecule has 0 unspecified atom stereocenters. The average molecular weight is 181 g/mol. The fourth-order valence-electron chi connectivity index (χ4n) is 1.06. The van der Waals surface area contributed by atoms with E-state index in [1.165, 1.54) is 0 Å². The molecule has 1 rings (SSSR count). The van der Waals surface area contributed by atoms with Crippen LogP contribution in [0.1, 0.15) is 20.3 Å². The quantitative estimate of drug-likeness (QED) is 0.648. The van der Waals surface area contributed by atoms with Gasteiger partial charge in [-0.3, -0.25) is 0 Å². The van der Waals surface area contributed by atoms with Gasteiger partial charge in [-0.15, -0.1) is 5.10 Å². The molecule has 0 aliphatic rings. The molecule has 4 nitrogen and oxygen atoms in total. The van der Waals surface area contributed by atoms with Crippen molar-refractivity contribution in [1.82, 2.24) is 15.0 Å². The zero-order valence-electron chi connectivity index (χ0n) is 8.10. The Bertz CT molecular complexity index is 254. The molecule has 0 saturated heterocycles. The van der Waals surface area contributed by atoms with Crippen LogP contribution in [0.4, 0.5) is 0 Å². The third-order valence-corrected chi connectivity index (χ3v) is 1.55. The smallest absolute Gasteiger partial charge is 0.113 e. The maximum Gasteiger partial charge on any atom is 0.113 e. The van der Waals surface area contributed by atoms with Crippen molar-refractivity contribution in [3.8, 4) is 0 Å². The fraction of sp³-hybridized carbons (Fsp3) is 0.556. The Hall–Kier alpha value is -1.32. The van der Waals surface area contributed by atoms with Crippen molar-refractivity contribution in [2.24, 2.45) is 0 Å². The minimum Gasteiger partial charge on any atom is -0.497 e. The third-order valence-electron chi connectivity index (χ3n) is 1.55. The molecule has 0 aliphatic heterocycles. The molecule has 0 fully saturated rings. The van der Waals surface area contributed by atoms with Gasteiger partial charge in [0.25, 0.3) is 0 Å². The number of hydrogen-bond donors (Lipinski definition) is 0. The second-order valence-corrected chi connectivity index (χ2v) is 2.61. The molecule has 13 heavy (non-hydrogen) atoms. The van der Waals surface area contributed by atoms with E-state index in [0.29, 0.717) is 13.2 Å². The number of aromatic nitrogens is 3. The molecule has 1 heterocycles. The van der Waals surface area contributed by atoms with Crippen LogP contribution in [-0.2, 0) is 11.3 Å². The number of rotatable bonds is 5. The Kier molecular flexibility index (Phi) is 4.02. The summed E-state index contributed by atoms with van der Waals surface area (Å²) in [5.74, 6) is 0.954. The fourth-order valence-corrected chi connectivity index (χ4v) is 1.06. The van der Waals surface area contributed by atoms with Gasteiger partial charge < -0.3 is 4.74 Å². The summed E-state index contributed by atoms with van der Waals surface area (Å²) < 4.78 is 7.18. The summed E-state index contributed by atoms with van der Waals surface area (Å²) >= 11 is 0. The summed E-state index contributed by atoms with van der Waals surface area (Å²) in [4.78, 5) is 0. The molecule has 0 atom stereocenters. The van der Waals surface area contributed by atoms with E-state index < -0.39 is 0 Å². The Morgan fingerprint density at radius 3 is 2.92 bits per heavy atom. The Morgan fingerprint density at radius 2 is 2.38 bits per heavy atom. The number of nitrogens with zero attached hydrogens (tertiary/aromatic N) is 3. The van der Waals surface area contributed by atoms with Crippen LogP contribution in [0.15, 0.2) is 24.2 Å². The SMILES string of the molecule is CC/C=C(\Cn1ccnn1)OCC. The summed E-state index contributed by atoms with van der Waals surface area (Å²) in [6.45, 7) is 5.42. The van der Waals surface area contributed by atoms with Gasteiger partial charge in [-0.2, -0.15) is 0 Å². The van der Waals surface area contributed by atoms with Crippen LogP contribution in [0.3, 0.4) is 0 Å². The van der Waals surface area contributed by atoms with E-state index in [2.05, 4.69) is 23.3 Å². The van der Waals surface area contributed by atoms with Crippen molar-refractivity contribution in [3.05, 3.63) is 24.2 Å². The maximum atomic E-state index is 5.43. The van der Waals surface area contributed by atoms with Crippen molar-refractivity contribution in [3.63, 3.8) is 0 Å². The van der Waals surface area contributed by atoms with E-state index in [0.717, 1.165) is 12.2 Å². The highest BCUT2D eigenvalue weighted by molar-refractivity contribution is 4.92. The molecule has 0 spiro atoms. The summed E-state index contributed by atoms with van der Waals surface area (Å²) in [5, 5.41) is 7.59. The summed E-state index contributed by atoms with van der Waals surface area (Å²) in [7, 11) is 0. The second kappa shape index (κ2) is 5.35. The van der Waals surface area contributed by atoms with Crippen molar-refractivity contribution in [1.29, 1.82) is 0 Å². The van der Waals surface area contributed by atoms with Crippen LogP contribution >= 0.6 is 0 Å². The monoisotopic (exact) mass is 181 g/mol. The minimum absolute atomic E-state index is 0.668. The predicted octanol–water partition coefficient (Wildman–Crippen LogP) is 1.61. The molecule has 72 valence electrons. The van der Waals surface area contributed by atoms with Crippen molar-refractivity contribution in [2.45, 2.75) is 26.8 Å². The lowest BCUT2D eigenvalue weighted by Gasteiger charge is -2.07. The molecule has 4 heteroatoms. The first-order valence-electron chi connectivity index (χ1n) is 4.52. The van der Waals surface area contributed by atoms with Gasteiger partial charge in [-0.05, 0) is 19.4 Å². The number of allylic oxidation sites excluding steroid dienone is 2. The normalized spacial score (nSPS) is 11.7. The van der Waals surface area contributed by atoms with E-state index in [1.807, 2.05) is 13.1 Å². The van der Waals surface area contributed by atoms with E-state index >= 15 is 0 Å². The molecule has 0 saturated carbocycles. The first kappa shape index (κ1) is 9.77. The molecule has 0 bridgehead atoms. The summed E-state index contributed by atoms with van der Waals surface area (Å²) in [6, 6.07) is 0. The molecule has 1 aromatic heterocycles. The van der Waals surface area contributed by atoms with Gasteiger partial charge in [0.2, 0.25) is 0 Å². The van der Waals surface area contributed by atoms with Crippen molar-refractivity contribution in [2.75, 3.05) is 6.61 Å². The predicted molar refractivity (Wildman–Crippen MR) is 50.0 cm³/mol. The first-order valence-corrected chi connectivity index (χ1v) is 4.52. The summed E-state index contributed by atoms with van der Waals surface area (Å²) in [6.07, 6.45) is 6.52. The number of hydrogen-bond acceptors (Lipinski definition) is 3. The Balaban J connectivity index is 2.52. The van der Waals surface area contributed by atoms with Crippen LogP contribution in [0.5, 0.6) is 0 Å². The minimum atomic E-state index is 0.668. The van der Waals surface area contributed by atoms with Crippen LogP contribution in [0.25, 0.3) is 0 Å². The zero-order valence-corrected chi connectivity index (χ0v) is 8.10. The maximum absolute atomic E-state index is 5.43. The molecule has 0 radical (unpaired) electrons. The van der Waals surface area contributed by atoms with Gasteiger partial charge in [0, 0.05) is 6.20 Å². The van der Waals surface area contributed by atoms with Crippen LogP contribution in [-0.4, -0.2) is 21.6 Å². The van der Waals surface area contributed by atoms with Crippen LogP contribution in [0.2, 0.25) is 0 Å². The van der Waals surface area contributed by atoms with E-state index in [-0.39, 0.29) is 0 Å². The largest absolute Gasteiger partial charge is 0.497 e.